The molecule has 5 heteroatoms. The second-order valence-corrected chi connectivity index (χ2v) is 6.29. The van der Waals surface area contributed by atoms with Crippen LogP contribution in [-0.4, -0.2) is 26.8 Å². The van der Waals surface area contributed by atoms with Crippen molar-refractivity contribution in [2.75, 3.05) is 17.6 Å². The van der Waals surface area contributed by atoms with Gasteiger partial charge in [-0.2, -0.15) is 0 Å². The van der Waals surface area contributed by atoms with Gasteiger partial charge in [-0.05, 0) is 37.1 Å². The molecule has 1 aliphatic rings. The number of rotatable bonds is 1. The third kappa shape index (κ3) is 1.81. The fraction of sp³-hybridized carbons (Fsp3) is 0.455. The maximum Gasteiger partial charge on any atom is 0.182 e. The summed E-state index contributed by atoms with van der Waals surface area (Å²) in [5.41, 5.74) is 8.29. The normalized spacial score (nSPS) is 22.3. The molecule has 1 atom stereocenters. The molecule has 1 aromatic rings. The summed E-state index contributed by atoms with van der Waals surface area (Å²) in [6.07, 6.45) is 0. The van der Waals surface area contributed by atoms with Gasteiger partial charge in [0.05, 0.1) is 22.4 Å². The van der Waals surface area contributed by atoms with Gasteiger partial charge >= 0.3 is 0 Å². The Bertz CT molecular complexity index is 523. The van der Waals surface area contributed by atoms with E-state index in [1.165, 1.54) is 0 Å². The van der Waals surface area contributed by atoms with Gasteiger partial charge in [-0.3, -0.25) is 0 Å². The minimum Gasteiger partial charge on any atom is -0.379 e. The quantitative estimate of drug-likeness (QED) is 0.762. The highest BCUT2D eigenvalue weighted by Crippen LogP contribution is 2.30. The van der Waals surface area contributed by atoms with Gasteiger partial charge in [-0.25, -0.2) is 8.42 Å². The molecule has 0 fully saturated rings. The van der Waals surface area contributed by atoms with Crippen LogP contribution in [0.15, 0.2) is 17.0 Å². The molecule has 1 aromatic carbocycles. The molecule has 0 saturated carbocycles. The molecule has 3 N–H and O–H groups in total. The zero-order chi connectivity index (χ0) is 11.9. The molecule has 0 aliphatic carbocycles. The molecule has 16 heavy (non-hydrogen) atoms. The van der Waals surface area contributed by atoms with E-state index >= 15 is 0 Å². The summed E-state index contributed by atoms with van der Waals surface area (Å²) in [5.74, 6) is 0.0823. The highest BCUT2D eigenvalue weighted by molar-refractivity contribution is 7.91. The van der Waals surface area contributed by atoms with Gasteiger partial charge in [-0.1, -0.05) is 0 Å². The molecule has 4 nitrogen and oxygen atoms in total. The number of benzene rings is 1. The average molecular weight is 240 g/mol. The molecule has 0 bridgehead atoms. The van der Waals surface area contributed by atoms with Crippen molar-refractivity contribution in [1.82, 2.24) is 0 Å². The first-order valence-electron chi connectivity index (χ1n) is 5.24. The number of nitrogens with one attached hydrogen (secondary N) is 1. The Hall–Kier alpha value is -1.07. The Morgan fingerprint density at radius 2 is 2.00 bits per heavy atom. The molecule has 1 heterocycles. The fourth-order valence-electron chi connectivity index (χ4n) is 1.90. The highest BCUT2D eigenvalue weighted by Gasteiger charge is 2.29. The smallest absolute Gasteiger partial charge is 0.182 e. The SMILES string of the molecule is Cc1cc2c(cc1C)S(=O)(=O)CC(CN)N2. The predicted octanol–water partition coefficient (Wildman–Crippen LogP) is 0.830. The molecule has 0 radical (unpaired) electrons. The summed E-state index contributed by atoms with van der Waals surface area (Å²) >= 11 is 0. The Balaban J connectivity index is 2.60. The molecular formula is C11H16N2O2S. The van der Waals surface area contributed by atoms with Crippen LogP contribution >= 0.6 is 0 Å². The Kier molecular flexibility index (Phi) is 2.67. The van der Waals surface area contributed by atoms with Crippen molar-refractivity contribution in [1.29, 1.82) is 0 Å². The van der Waals surface area contributed by atoms with Crippen molar-refractivity contribution < 1.29 is 8.42 Å². The van der Waals surface area contributed by atoms with E-state index in [1.54, 1.807) is 6.07 Å². The monoisotopic (exact) mass is 240 g/mol. The lowest BCUT2D eigenvalue weighted by atomic mass is 10.1. The largest absolute Gasteiger partial charge is 0.379 e. The molecular weight excluding hydrogens is 224 g/mol. The highest BCUT2D eigenvalue weighted by atomic mass is 32.2. The lowest BCUT2D eigenvalue weighted by molar-refractivity contribution is 0.585. The lowest BCUT2D eigenvalue weighted by Gasteiger charge is -2.26. The maximum absolute atomic E-state index is 12.0. The number of sulfone groups is 1. The number of hydrogen-bond acceptors (Lipinski definition) is 4. The van der Waals surface area contributed by atoms with Crippen molar-refractivity contribution >= 4 is 15.5 Å². The third-order valence-electron chi connectivity index (χ3n) is 3.00. The van der Waals surface area contributed by atoms with Crippen molar-refractivity contribution in [3.05, 3.63) is 23.3 Å². The molecule has 0 aromatic heterocycles. The van der Waals surface area contributed by atoms with Gasteiger partial charge < -0.3 is 11.1 Å². The van der Waals surface area contributed by atoms with Crippen molar-refractivity contribution in [2.24, 2.45) is 5.73 Å². The number of hydrogen-bond donors (Lipinski definition) is 2. The zero-order valence-electron chi connectivity index (χ0n) is 9.45. The van der Waals surface area contributed by atoms with Crippen LogP contribution in [0.5, 0.6) is 0 Å². The van der Waals surface area contributed by atoms with Gasteiger partial charge in [-0.15, -0.1) is 0 Å². The van der Waals surface area contributed by atoms with E-state index in [0.29, 0.717) is 17.1 Å². The molecule has 88 valence electrons. The third-order valence-corrected chi connectivity index (χ3v) is 4.84. The first-order valence-corrected chi connectivity index (χ1v) is 6.90. The first-order chi connectivity index (χ1) is 7.44. The number of fused-ring (bicyclic) bond motifs is 1. The Morgan fingerprint density at radius 1 is 1.38 bits per heavy atom. The first kappa shape index (κ1) is 11.4. The topological polar surface area (TPSA) is 72.2 Å². The van der Waals surface area contributed by atoms with Crippen LogP contribution in [0.25, 0.3) is 0 Å². The Labute approximate surface area is 95.8 Å². The molecule has 0 saturated heterocycles. The summed E-state index contributed by atoms with van der Waals surface area (Å²) in [5, 5.41) is 3.17. The summed E-state index contributed by atoms with van der Waals surface area (Å²) in [6, 6.07) is 3.43. The van der Waals surface area contributed by atoms with Gasteiger partial charge in [0.15, 0.2) is 9.84 Å². The van der Waals surface area contributed by atoms with Crippen LogP contribution in [-0.2, 0) is 9.84 Å². The second-order valence-electron chi connectivity index (χ2n) is 4.29. The molecule has 1 unspecified atom stereocenters. The van der Waals surface area contributed by atoms with Crippen LogP contribution in [0.1, 0.15) is 11.1 Å². The number of aryl methyl sites for hydroxylation is 2. The number of anilines is 1. The predicted molar refractivity (Wildman–Crippen MR) is 64.4 cm³/mol. The summed E-state index contributed by atoms with van der Waals surface area (Å²) in [6.45, 7) is 4.21. The van der Waals surface area contributed by atoms with Gasteiger partial charge in [0, 0.05) is 6.54 Å². The van der Waals surface area contributed by atoms with E-state index in [1.807, 2.05) is 19.9 Å². The summed E-state index contributed by atoms with van der Waals surface area (Å²) in [7, 11) is -3.19. The fourth-order valence-corrected chi connectivity index (χ4v) is 3.64. The zero-order valence-corrected chi connectivity index (χ0v) is 10.3. The van der Waals surface area contributed by atoms with Gasteiger partial charge in [0.2, 0.25) is 0 Å². The van der Waals surface area contributed by atoms with Crippen LogP contribution in [0.2, 0.25) is 0 Å². The van der Waals surface area contributed by atoms with Crippen LogP contribution in [0, 0.1) is 13.8 Å². The maximum atomic E-state index is 12.0. The summed E-state index contributed by atoms with van der Waals surface area (Å²) < 4.78 is 24.0. The second kappa shape index (κ2) is 3.75. The molecule has 0 spiro atoms. The van der Waals surface area contributed by atoms with E-state index in [4.69, 9.17) is 5.73 Å². The van der Waals surface area contributed by atoms with E-state index in [2.05, 4.69) is 5.32 Å². The van der Waals surface area contributed by atoms with Crippen molar-refractivity contribution in [3.8, 4) is 0 Å². The van der Waals surface area contributed by atoms with Crippen molar-refractivity contribution in [3.63, 3.8) is 0 Å². The average Bonchev–Trinajstić information content (AvgIpc) is 2.20. The molecule has 2 rings (SSSR count). The van der Waals surface area contributed by atoms with Crippen LogP contribution in [0.3, 0.4) is 0 Å². The van der Waals surface area contributed by atoms with E-state index in [0.717, 1.165) is 11.1 Å². The summed E-state index contributed by atoms with van der Waals surface area (Å²) in [4.78, 5) is 0.403. The molecule has 1 aliphatic heterocycles. The lowest BCUT2D eigenvalue weighted by Crippen LogP contribution is -2.39. The van der Waals surface area contributed by atoms with Gasteiger partial charge in [0.1, 0.15) is 0 Å². The van der Waals surface area contributed by atoms with E-state index in [-0.39, 0.29) is 11.8 Å². The number of nitrogens with two attached hydrogens (primary N) is 1. The Morgan fingerprint density at radius 3 is 2.62 bits per heavy atom. The van der Waals surface area contributed by atoms with Crippen molar-refractivity contribution in [2.45, 2.75) is 24.8 Å². The van der Waals surface area contributed by atoms with Gasteiger partial charge in [0.25, 0.3) is 0 Å². The minimum absolute atomic E-state index is 0.0823. The standard InChI is InChI=1S/C11H16N2O2S/c1-7-3-10-11(4-8(7)2)16(14,15)6-9(5-12)13-10/h3-4,9,13H,5-6,12H2,1-2H3. The van der Waals surface area contributed by atoms with E-state index < -0.39 is 9.84 Å². The molecule has 0 amide bonds. The van der Waals surface area contributed by atoms with E-state index in [9.17, 15) is 8.42 Å². The van der Waals surface area contributed by atoms with Crippen LogP contribution < -0.4 is 11.1 Å². The minimum atomic E-state index is -3.19. The van der Waals surface area contributed by atoms with Crippen LogP contribution in [0.4, 0.5) is 5.69 Å².